The Bertz CT molecular complexity index is 875. The van der Waals surface area contributed by atoms with Gasteiger partial charge < -0.3 is 14.5 Å². The number of anilines is 1. The molecule has 0 aliphatic heterocycles. The summed E-state index contributed by atoms with van der Waals surface area (Å²) in [5.74, 6) is 0.171. The van der Waals surface area contributed by atoms with Crippen molar-refractivity contribution in [2.24, 2.45) is 0 Å². The highest BCUT2D eigenvalue weighted by Gasteiger charge is 2.17. The second-order valence-corrected chi connectivity index (χ2v) is 7.96. The van der Waals surface area contributed by atoms with Gasteiger partial charge in [0.25, 0.3) is 0 Å². The number of sulfonamides is 1. The van der Waals surface area contributed by atoms with Crippen molar-refractivity contribution in [1.82, 2.24) is 4.72 Å². The first kappa shape index (κ1) is 20.4. The predicted molar refractivity (Wildman–Crippen MR) is 102 cm³/mol. The van der Waals surface area contributed by atoms with Crippen molar-refractivity contribution in [1.29, 1.82) is 0 Å². The average molecular weight is 443 g/mol. The van der Waals surface area contributed by atoms with Crippen LogP contribution in [0.1, 0.15) is 12.7 Å². The number of carbonyl (C=O) groups excluding carboxylic acids is 1. The van der Waals surface area contributed by atoms with Crippen molar-refractivity contribution in [3.05, 3.63) is 52.9 Å². The lowest BCUT2D eigenvalue weighted by molar-refractivity contribution is -0.111. The lowest BCUT2D eigenvalue weighted by atomic mass is 10.3. The van der Waals surface area contributed by atoms with Crippen molar-refractivity contribution in [2.45, 2.75) is 17.9 Å². The minimum absolute atomic E-state index is 0.106. The van der Waals surface area contributed by atoms with Gasteiger partial charge in [-0.3, -0.25) is 4.79 Å². The number of carbonyl (C=O) groups is 1. The Labute approximate surface area is 160 Å². The number of benzene rings is 1. The zero-order chi connectivity index (χ0) is 19.2. The molecule has 0 saturated carbocycles. The minimum atomic E-state index is -3.64. The molecule has 1 aromatic heterocycles. The van der Waals surface area contributed by atoms with Gasteiger partial charge >= 0.3 is 0 Å². The maximum atomic E-state index is 12.2. The molecule has 9 heteroatoms. The highest BCUT2D eigenvalue weighted by Crippen LogP contribution is 2.16. The van der Waals surface area contributed by atoms with Crippen LogP contribution >= 0.6 is 15.9 Å². The molecular formula is C17H19BrN2O5S. The molecule has 2 rings (SSSR count). The van der Waals surface area contributed by atoms with Gasteiger partial charge in [0.2, 0.25) is 15.9 Å². The molecule has 1 unspecified atom stereocenters. The van der Waals surface area contributed by atoms with Gasteiger partial charge in [-0.05, 0) is 65.3 Å². The second kappa shape index (κ2) is 9.13. The number of methoxy groups -OCH3 is 1. The van der Waals surface area contributed by atoms with Crippen LogP contribution in [0.3, 0.4) is 0 Å². The molecule has 0 fully saturated rings. The molecule has 0 saturated heterocycles. The monoisotopic (exact) mass is 442 g/mol. The molecule has 140 valence electrons. The summed E-state index contributed by atoms with van der Waals surface area (Å²) in [7, 11) is -2.14. The van der Waals surface area contributed by atoms with E-state index in [0.29, 0.717) is 16.1 Å². The summed E-state index contributed by atoms with van der Waals surface area (Å²) in [6, 6.07) is 8.96. The van der Waals surface area contributed by atoms with Crippen molar-refractivity contribution < 1.29 is 22.4 Å². The third kappa shape index (κ3) is 6.10. The molecule has 0 aliphatic rings. The Morgan fingerprint density at radius 1 is 1.27 bits per heavy atom. The van der Waals surface area contributed by atoms with Crippen LogP contribution in [-0.4, -0.2) is 34.1 Å². The summed E-state index contributed by atoms with van der Waals surface area (Å²) in [6.45, 7) is 1.98. The van der Waals surface area contributed by atoms with Crippen molar-refractivity contribution in [2.75, 3.05) is 19.0 Å². The zero-order valence-corrected chi connectivity index (χ0v) is 16.6. The Kier molecular flexibility index (Phi) is 7.15. The zero-order valence-electron chi connectivity index (χ0n) is 14.2. The lowest BCUT2D eigenvalue weighted by Crippen LogP contribution is -2.35. The van der Waals surface area contributed by atoms with Gasteiger partial charge in [-0.1, -0.05) is 0 Å². The quantitative estimate of drug-likeness (QED) is 0.612. The average Bonchev–Trinajstić information content (AvgIpc) is 2.99. The highest BCUT2D eigenvalue weighted by molar-refractivity contribution is 9.10. The number of furan rings is 1. The molecule has 1 amide bonds. The molecule has 0 radical (unpaired) electrons. The Balaban J connectivity index is 1.98. The first-order valence-corrected chi connectivity index (χ1v) is 9.93. The van der Waals surface area contributed by atoms with Crippen LogP contribution < -0.4 is 10.0 Å². The SMILES string of the molecule is COCC(C)NS(=O)(=O)c1ccc(NC(=O)/C=C/c2ccc(Br)o2)cc1. The van der Waals surface area contributed by atoms with Gasteiger partial charge in [0.15, 0.2) is 4.67 Å². The van der Waals surface area contributed by atoms with E-state index < -0.39 is 10.0 Å². The maximum absolute atomic E-state index is 12.2. The number of ether oxygens (including phenoxy) is 1. The fourth-order valence-corrected chi connectivity index (χ4v) is 3.64. The minimum Gasteiger partial charge on any atom is -0.450 e. The topological polar surface area (TPSA) is 97.6 Å². The summed E-state index contributed by atoms with van der Waals surface area (Å²) in [6.07, 6.45) is 2.85. The predicted octanol–water partition coefficient (Wildman–Crippen LogP) is 3.01. The smallest absolute Gasteiger partial charge is 0.248 e. The van der Waals surface area contributed by atoms with E-state index in [2.05, 4.69) is 26.0 Å². The van der Waals surface area contributed by atoms with Gasteiger partial charge in [-0.2, -0.15) is 0 Å². The fourth-order valence-electron chi connectivity index (χ4n) is 2.09. The molecule has 1 heterocycles. The van der Waals surface area contributed by atoms with Crippen LogP contribution in [0.25, 0.3) is 6.08 Å². The van der Waals surface area contributed by atoms with E-state index in [9.17, 15) is 13.2 Å². The number of halogens is 1. The molecular weight excluding hydrogens is 424 g/mol. The third-order valence-electron chi connectivity index (χ3n) is 3.20. The van der Waals surface area contributed by atoms with Crippen LogP contribution in [0.5, 0.6) is 0 Å². The number of hydrogen-bond donors (Lipinski definition) is 2. The fraction of sp³-hybridized carbons (Fsp3) is 0.235. The van der Waals surface area contributed by atoms with Gasteiger partial charge in [0.1, 0.15) is 5.76 Å². The first-order valence-electron chi connectivity index (χ1n) is 7.66. The molecule has 1 aromatic carbocycles. The van der Waals surface area contributed by atoms with Gasteiger partial charge in [-0.15, -0.1) is 0 Å². The molecule has 0 aliphatic carbocycles. The Morgan fingerprint density at radius 3 is 2.54 bits per heavy atom. The highest BCUT2D eigenvalue weighted by atomic mass is 79.9. The summed E-state index contributed by atoms with van der Waals surface area (Å²) >= 11 is 3.18. The molecule has 0 bridgehead atoms. The van der Waals surface area contributed by atoms with Crippen molar-refractivity contribution in [3.8, 4) is 0 Å². The van der Waals surface area contributed by atoms with Crippen LogP contribution in [0, 0.1) is 0 Å². The molecule has 1 atom stereocenters. The lowest BCUT2D eigenvalue weighted by Gasteiger charge is -2.13. The molecule has 7 nitrogen and oxygen atoms in total. The van der Waals surface area contributed by atoms with Crippen LogP contribution in [0.15, 0.2) is 56.5 Å². The van der Waals surface area contributed by atoms with Crippen LogP contribution in [0.4, 0.5) is 5.69 Å². The number of hydrogen-bond acceptors (Lipinski definition) is 5. The maximum Gasteiger partial charge on any atom is 0.248 e. The second-order valence-electron chi connectivity index (χ2n) is 5.47. The number of amides is 1. The van der Waals surface area contributed by atoms with Gasteiger partial charge in [0.05, 0.1) is 11.5 Å². The number of rotatable bonds is 8. The molecule has 26 heavy (non-hydrogen) atoms. The van der Waals surface area contributed by atoms with Crippen LogP contribution in [-0.2, 0) is 19.6 Å². The van der Waals surface area contributed by atoms with Gasteiger partial charge in [-0.25, -0.2) is 13.1 Å². The summed E-state index contributed by atoms with van der Waals surface area (Å²) < 4.78 is 37.7. The standard InChI is InChI=1S/C17H19BrN2O5S/c1-12(11-24-2)20-26(22,23)15-7-3-13(4-8-15)19-17(21)10-6-14-5-9-16(18)25-14/h3-10,12,20H,11H2,1-2H3,(H,19,21)/b10-6+. The number of nitrogens with one attached hydrogen (secondary N) is 2. The van der Waals surface area contributed by atoms with E-state index in [4.69, 9.17) is 9.15 Å². The Hall–Kier alpha value is -1.94. The van der Waals surface area contributed by atoms with E-state index in [1.807, 2.05) is 0 Å². The normalized spacial score (nSPS) is 13.0. The van der Waals surface area contributed by atoms with Crippen molar-refractivity contribution in [3.63, 3.8) is 0 Å². The molecule has 0 spiro atoms. The summed E-state index contributed by atoms with van der Waals surface area (Å²) in [5.41, 5.74) is 0.476. The summed E-state index contributed by atoms with van der Waals surface area (Å²) in [4.78, 5) is 12.0. The van der Waals surface area contributed by atoms with Gasteiger partial charge in [0, 0.05) is 24.9 Å². The van der Waals surface area contributed by atoms with E-state index >= 15 is 0 Å². The van der Waals surface area contributed by atoms with Crippen LogP contribution in [0.2, 0.25) is 0 Å². The van der Waals surface area contributed by atoms with E-state index in [-0.39, 0.29) is 23.5 Å². The Morgan fingerprint density at radius 2 is 1.96 bits per heavy atom. The van der Waals surface area contributed by atoms with E-state index in [0.717, 1.165) is 0 Å². The molecule has 2 aromatic rings. The van der Waals surface area contributed by atoms with E-state index in [1.54, 1.807) is 19.1 Å². The third-order valence-corrected chi connectivity index (χ3v) is 5.23. The summed E-state index contributed by atoms with van der Waals surface area (Å²) in [5, 5.41) is 2.64. The molecule has 2 N–H and O–H groups in total. The largest absolute Gasteiger partial charge is 0.450 e. The first-order chi connectivity index (χ1) is 12.3. The van der Waals surface area contributed by atoms with E-state index in [1.165, 1.54) is 43.5 Å². The van der Waals surface area contributed by atoms with Crippen molar-refractivity contribution >= 4 is 43.6 Å².